The van der Waals surface area contributed by atoms with E-state index < -0.39 is 0 Å². The number of aliphatic hydroxyl groups excluding tert-OH is 2. The first-order valence-corrected chi connectivity index (χ1v) is 9.56. The Morgan fingerprint density at radius 3 is 1.24 bits per heavy atom. The highest BCUT2D eigenvalue weighted by molar-refractivity contribution is 4.64. The molecular weight excluding hydrogens is 260 g/mol. The first-order chi connectivity index (χ1) is 10.2. The van der Waals surface area contributed by atoms with Gasteiger partial charge >= 0.3 is 0 Å². The van der Waals surface area contributed by atoms with Crippen LogP contribution in [0.25, 0.3) is 0 Å². The van der Waals surface area contributed by atoms with Crippen molar-refractivity contribution in [3.63, 3.8) is 0 Å². The summed E-state index contributed by atoms with van der Waals surface area (Å²) in [5.41, 5.74) is 0. The molecule has 0 radical (unpaired) electrons. The van der Waals surface area contributed by atoms with Crippen LogP contribution in [-0.2, 0) is 0 Å². The van der Waals surface area contributed by atoms with Crippen LogP contribution in [0.5, 0.6) is 0 Å². The zero-order valence-electron chi connectivity index (χ0n) is 14.7. The van der Waals surface area contributed by atoms with Gasteiger partial charge in [-0.2, -0.15) is 0 Å². The molecule has 0 rings (SSSR count). The maximum atomic E-state index is 9.93. The Balaban J connectivity index is 3.33. The van der Waals surface area contributed by atoms with Crippen LogP contribution in [0.2, 0.25) is 0 Å². The normalized spacial score (nSPS) is 14.3. The third-order valence-electron chi connectivity index (χ3n) is 4.33. The molecule has 0 amide bonds. The van der Waals surface area contributed by atoms with Crippen LogP contribution >= 0.6 is 0 Å². The van der Waals surface area contributed by atoms with Gasteiger partial charge in [-0.05, 0) is 19.3 Å². The van der Waals surface area contributed by atoms with Gasteiger partial charge in [0.1, 0.15) is 0 Å². The van der Waals surface area contributed by atoms with E-state index in [0.29, 0.717) is 6.42 Å². The van der Waals surface area contributed by atoms with E-state index in [4.69, 9.17) is 0 Å². The summed E-state index contributed by atoms with van der Waals surface area (Å²) < 4.78 is 0. The molecule has 2 nitrogen and oxygen atoms in total. The molecule has 0 aromatic carbocycles. The lowest BCUT2D eigenvalue weighted by Crippen LogP contribution is -2.17. The first-order valence-electron chi connectivity index (χ1n) is 9.56. The average molecular weight is 301 g/mol. The molecule has 0 aromatic rings. The van der Waals surface area contributed by atoms with Gasteiger partial charge in [-0.3, -0.25) is 0 Å². The maximum absolute atomic E-state index is 9.93. The Labute approximate surface area is 133 Å². The minimum absolute atomic E-state index is 0.300. The molecule has 2 heteroatoms. The van der Waals surface area contributed by atoms with Crippen LogP contribution in [0, 0.1) is 0 Å². The van der Waals surface area contributed by atoms with Crippen LogP contribution in [0.15, 0.2) is 0 Å². The number of unbranched alkanes of at least 4 members (excludes halogenated alkanes) is 10. The van der Waals surface area contributed by atoms with Crippen LogP contribution in [0.1, 0.15) is 110 Å². The van der Waals surface area contributed by atoms with Crippen molar-refractivity contribution in [2.45, 2.75) is 122 Å². The van der Waals surface area contributed by atoms with Crippen molar-refractivity contribution < 1.29 is 10.2 Å². The monoisotopic (exact) mass is 300 g/mol. The molecule has 0 aliphatic carbocycles. The van der Waals surface area contributed by atoms with Gasteiger partial charge in [0.15, 0.2) is 0 Å². The van der Waals surface area contributed by atoms with Gasteiger partial charge < -0.3 is 10.2 Å². The molecule has 0 aliphatic rings. The summed E-state index contributed by atoms with van der Waals surface area (Å²) in [6.07, 6.45) is 16.8. The summed E-state index contributed by atoms with van der Waals surface area (Å²) in [7, 11) is 0. The van der Waals surface area contributed by atoms with E-state index >= 15 is 0 Å². The number of hydrogen-bond acceptors (Lipinski definition) is 2. The van der Waals surface area contributed by atoms with E-state index in [-0.39, 0.29) is 12.2 Å². The standard InChI is InChI=1S/C19H40O2/c1-3-5-7-9-11-13-15-18(20)17-19(21)16-14-12-10-8-6-4-2/h18-21H,3-17H2,1-2H3. The van der Waals surface area contributed by atoms with Gasteiger partial charge in [-0.15, -0.1) is 0 Å². The van der Waals surface area contributed by atoms with E-state index in [9.17, 15) is 10.2 Å². The highest BCUT2D eigenvalue weighted by Gasteiger charge is 2.11. The third kappa shape index (κ3) is 16.1. The second-order valence-electron chi connectivity index (χ2n) is 6.66. The lowest BCUT2D eigenvalue weighted by Gasteiger charge is -2.15. The largest absolute Gasteiger partial charge is 0.393 e. The second-order valence-corrected chi connectivity index (χ2v) is 6.66. The van der Waals surface area contributed by atoms with Gasteiger partial charge in [0, 0.05) is 0 Å². The predicted molar refractivity (Wildman–Crippen MR) is 92.6 cm³/mol. The maximum Gasteiger partial charge on any atom is 0.0564 e. The highest BCUT2D eigenvalue weighted by atomic mass is 16.3. The molecular formula is C19H40O2. The number of aliphatic hydroxyl groups is 2. The van der Waals surface area contributed by atoms with Gasteiger partial charge in [-0.25, -0.2) is 0 Å². The smallest absolute Gasteiger partial charge is 0.0564 e. The minimum atomic E-state index is -0.300. The SMILES string of the molecule is CCCCCCCCC(O)CC(O)CCCCCCCC. The summed E-state index contributed by atoms with van der Waals surface area (Å²) in [6, 6.07) is 0. The van der Waals surface area contributed by atoms with Gasteiger partial charge in [0.2, 0.25) is 0 Å². The molecule has 0 saturated carbocycles. The third-order valence-corrected chi connectivity index (χ3v) is 4.33. The molecule has 0 saturated heterocycles. The van der Waals surface area contributed by atoms with Gasteiger partial charge in [0.05, 0.1) is 12.2 Å². The first kappa shape index (κ1) is 20.9. The number of hydrogen-bond donors (Lipinski definition) is 2. The van der Waals surface area contributed by atoms with Crippen LogP contribution in [-0.4, -0.2) is 22.4 Å². The molecule has 0 aromatic heterocycles. The zero-order chi connectivity index (χ0) is 15.8. The molecule has 0 heterocycles. The quantitative estimate of drug-likeness (QED) is 0.364. The van der Waals surface area contributed by atoms with Crippen LogP contribution in [0.4, 0.5) is 0 Å². The Morgan fingerprint density at radius 2 is 0.857 bits per heavy atom. The molecule has 2 unspecified atom stereocenters. The van der Waals surface area contributed by atoms with Gasteiger partial charge in [-0.1, -0.05) is 90.9 Å². The lowest BCUT2D eigenvalue weighted by atomic mass is 10.00. The van der Waals surface area contributed by atoms with E-state index in [1.807, 2.05) is 0 Å². The Hall–Kier alpha value is -0.0800. The average Bonchev–Trinajstić information content (AvgIpc) is 2.46. The van der Waals surface area contributed by atoms with Crippen molar-refractivity contribution in [3.05, 3.63) is 0 Å². The highest BCUT2D eigenvalue weighted by Crippen LogP contribution is 2.15. The fraction of sp³-hybridized carbons (Fsp3) is 1.00. The van der Waals surface area contributed by atoms with Crippen molar-refractivity contribution in [3.8, 4) is 0 Å². The summed E-state index contributed by atoms with van der Waals surface area (Å²) in [5, 5.41) is 19.9. The predicted octanol–water partition coefficient (Wildman–Crippen LogP) is 5.60. The second kappa shape index (κ2) is 16.3. The molecule has 128 valence electrons. The van der Waals surface area contributed by atoms with E-state index in [1.165, 1.54) is 64.2 Å². The summed E-state index contributed by atoms with van der Waals surface area (Å²) in [6.45, 7) is 4.46. The van der Waals surface area contributed by atoms with E-state index in [0.717, 1.165) is 25.7 Å². The molecule has 0 bridgehead atoms. The van der Waals surface area contributed by atoms with E-state index in [2.05, 4.69) is 13.8 Å². The minimum Gasteiger partial charge on any atom is -0.393 e. The Bertz CT molecular complexity index is 174. The van der Waals surface area contributed by atoms with Crippen LogP contribution in [0.3, 0.4) is 0 Å². The summed E-state index contributed by atoms with van der Waals surface area (Å²) in [4.78, 5) is 0. The summed E-state index contributed by atoms with van der Waals surface area (Å²) in [5.74, 6) is 0. The molecule has 0 spiro atoms. The molecule has 0 aliphatic heterocycles. The van der Waals surface area contributed by atoms with Gasteiger partial charge in [0.25, 0.3) is 0 Å². The van der Waals surface area contributed by atoms with Crippen molar-refractivity contribution in [1.82, 2.24) is 0 Å². The Morgan fingerprint density at radius 1 is 0.524 bits per heavy atom. The summed E-state index contributed by atoms with van der Waals surface area (Å²) >= 11 is 0. The lowest BCUT2D eigenvalue weighted by molar-refractivity contribution is 0.0680. The fourth-order valence-corrected chi connectivity index (χ4v) is 2.87. The van der Waals surface area contributed by atoms with Crippen LogP contribution < -0.4 is 0 Å². The number of rotatable bonds is 16. The van der Waals surface area contributed by atoms with Crippen molar-refractivity contribution >= 4 is 0 Å². The van der Waals surface area contributed by atoms with Crippen molar-refractivity contribution in [1.29, 1.82) is 0 Å². The fourth-order valence-electron chi connectivity index (χ4n) is 2.87. The zero-order valence-corrected chi connectivity index (χ0v) is 14.7. The topological polar surface area (TPSA) is 40.5 Å². The van der Waals surface area contributed by atoms with Crippen molar-refractivity contribution in [2.24, 2.45) is 0 Å². The Kier molecular flexibility index (Phi) is 16.2. The van der Waals surface area contributed by atoms with E-state index in [1.54, 1.807) is 0 Å². The molecule has 2 atom stereocenters. The molecule has 2 N–H and O–H groups in total. The molecule has 0 fully saturated rings. The van der Waals surface area contributed by atoms with Crippen molar-refractivity contribution in [2.75, 3.05) is 0 Å². The molecule has 21 heavy (non-hydrogen) atoms.